The zero-order valence-electron chi connectivity index (χ0n) is 5.36. The first-order chi connectivity index (χ1) is 5.24. The molecule has 0 atom stereocenters. The molecule has 11 heavy (non-hydrogen) atoms. The molecule has 5 heteroatoms. The van der Waals surface area contributed by atoms with Crippen LogP contribution in [0.4, 0.5) is 5.69 Å². The van der Waals surface area contributed by atoms with Gasteiger partial charge < -0.3 is 0 Å². The van der Waals surface area contributed by atoms with Gasteiger partial charge in [-0.05, 0) is 29.4 Å². The standard InChI is InChI=1S/C6H4INO3/c9-7(10)5-1-3-6(8-11)4-2-5/h1-4H. The molecule has 0 N–H and O–H groups in total. The molecule has 0 aliphatic rings. The summed E-state index contributed by atoms with van der Waals surface area (Å²) < 4.78 is 21.1. The van der Waals surface area contributed by atoms with Crippen molar-refractivity contribution < 1.29 is 6.14 Å². The summed E-state index contributed by atoms with van der Waals surface area (Å²) in [5.41, 5.74) is 0.242. The number of nitroso groups, excluding NO2 is 1. The summed E-state index contributed by atoms with van der Waals surface area (Å²) >= 11 is -3.36. The van der Waals surface area contributed by atoms with Crippen LogP contribution in [0.1, 0.15) is 0 Å². The molecule has 4 nitrogen and oxygen atoms in total. The van der Waals surface area contributed by atoms with E-state index in [1.807, 2.05) is 0 Å². The molecule has 0 spiro atoms. The van der Waals surface area contributed by atoms with E-state index in [9.17, 15) is 11.0 Å². The lowest BCUT2D eigenvalue weighted by Crippen LogP contribution is -1.68. The third kappa shape index (κ3) is 2.04. The van der Waals surface area contributed by atoms with E-state index in [0.717, 1.165) is 0 Å². The van der Waals surface area contributed by atoms with Gasteiger partial charge in [-0.1, -0.05) is 0 Å². The van der Waals surface area contributed by atoms with E-state index >= 15 is 0 Å². The first kappa shape index (κ1) is 8.25. The lowest BCUT2D eigenvalue weighted by Gasteiger charge is -1.86. The van der Waals surface area contributed by atoms with Gasteiger partial charge in [0.25, 0.3) is 0 Å². The quantitative estimate of drug-likeness (QED) is 0.609. The highest BCUT2D eigenvalue weighted by Crippen LogP contribution is 2.20. The summed E-state index contributed by atoms with van der Waals surface area (Å²) in [6.07, 6.45) is 0. The Balaban J connectivity index is 3.10. The van der Waals surface area contributed by atoms with Gasteiger partial charge >= 0.3 is 19.8 Å². The van der Waals surface area contributed by atoms with Gasteiger partial charge in [0.05, 0.1) is 3.57 Å². The predicted octanol–water partition coefficient (Wildman–Crippen LogP) is 2.45. The number of rotatable bonds is 2. The Morgan fingerprint density at radius 3 is 2.00 bits per heavy atom. The summed E-state index contributed by atoms with van der Waals surface area (Å²) in [5, 5.41) is 2.63. The molecule has 0 saturated carbocycles. The molecular weight excluding hydrogens is 261 g/mol. The van der Waals surface area contributed by atoms with Crippen molar-refractivity contribution in [1.29, 1.82) is 0 Å². The monoisotopic (exact) mass is 265 g/mol. The van der Waals surface area contributed by atoms with Crippen LogP contribution in [0.3, 0.4) is 0 Å². The van der Waals surface area contributed by atoms with Crippen LogP contribution < -0.4 is 0 Å². The van der Waals surface area contributed by atoms with Crippen LogP contribution in [0, 0.1) is 8.48 Å². The van der Waals surface area contributed by atoms with Crippen molar-refractivity contribution in [3.63, 3.8) is 0 Å². The van der Waals surface area contributed by atoms with E-state index in [4.69, 9.17) is 0 Å². The second kappa shape index (κ2) is 3.51. The van der Waals surface area contributed by atoms with Crippen LogP contribution in [0.25, 0.3) is 0 Å². The van der Waals surface area contributed by atoms with Gasteiger partial charge in [-0.2, -0.15) is 0 Å². The summed E-state index contributed by atoms with van der Waals surface area (Å²) in [7, 11) is 0. The van der Waals surface area contributed by atoms with Crippen molar-refractivity contribution in [2.45, 2.75) is 0 Å². The van der Waals surface area contributed by atoms with Crippen molar-refractivity contribution in [2.24, 2.45) is 5.18 Å². The molecule has 0 bridgehead atoms. The summed E-state index contributed by atoms with van der Waals surface area (Å²) in [5.74, 6) is 0. The van der Waals surface area contributed by atoms with Crippen molar-refractivity contribution in [3.05, 3.63) is 32.7 Å². The topological polar surface area (TPSA) is 63.6 Å². The van der Waals surface area contributed by atoms with Gasteiger partial charge in [0.1, 0.15) is 5.69 Å². The number of nitrogens with zero attached hydrogens (tertiary/aromatic N) is 1. The summed E-state index contributed by atoms with van der Waals surface area (Å²) in [6, 6.07) is 5.51. The molecule has 1 rings (SSSR count). The molecule has 0 amide bonds. The fourth-order valence-electron chi connectivity index (χ4n) is 0.605. The van der Waals surface area contributed by atoms with Crippen LogP contribution in [0.5, 0.6) is 0 Å². The molecule has 58 valence electrons. The van der Waals surface area contributed by atoms with E-state index < -0.39 is 19.8 Å². The minimum atomic E-state index is -3.36. The Kier molecular flexibility index (Phi) is 2.64. The maximum atomic E-state index is 10.4. The smallest absolute Gasteiger partial charge is 0.230 e. The van der Waals surface area contributed by atoms with Crippen LogP contribution in [0.15, 0.2) is 29.4 Å². The highest BCUT2D eigenvalue weighted by Gasteiger charge is 1.97. The zero-order valence-corrected chi connectivity index (χ0v) is 7.52. The molecule has 0 unspecified atom stereocenters. The molecule has 1 aromatic carbocycles. The van der Waals surface area contributed by atoms with Crippen LogP contribution in [-0.4, -0.2) is 0 Å². The van der Waals surface area contributed by atoms with Crippen LogP contribution >= 0.6 is 19.8 Å². The highest BCUT2D eigenvalue weighted by atomic mass is 127. The first-order valence-electron chi connectivity index (χ1n) is 2.73. The Labute approximate surface area is 69.7 Å². The van der Waals surface area contributed by atoms with Crippen molar-refractivity contribution in [1.82, 2.24) is 0 Å². The number of hydrogen-bond donors (Lipinski definition) is 0. The normalized spacial score (nSPS) is 9.91. The van der Waals surface area contributed by atoms with Crippen molar-refractivity contribution in [3.8, 4) is 0 Å². The van der Waals surface area contributed by atoms with Crippen molar-refractivity contribution >= 4 is 25.5 Å². The van der Waals surface area contributed by atoms with Gasteiger partial charge in [-0.25, -0.2) is 6.14 Å². The second-order valence-corrected chi connectivity index (χ2v) is 4.27. The predicted molar refractivity (Wildman–Crippen MR) is 46.0 cm³/mol. The van der Waals surface area contributed by atoms with Crippen LogP contribution in [0.2, 0.25) is 0 Å². The van der Waals surface area contributed by atoms with Gasteiger partial charge in [-0.15, -0.1) is 4.91 Å². The third-order valence-electron chi connectivity index (χ3n) is 1.11. The van der Waals surface area contributed by atoms with Gasteiger partial charge in [0.15, 0.2) is 0 Å². The molecular formula is C6H4INO3. The number of benzene rings is 1. The van der Waals surface area contributed by atoms with Crippen molar-refractivity contribution in [2.75, 3.05) is 0 Å². The summed E-state index contributed by atoms with van der Waals surface area (Å²) in [4.78, 5) is 9.89. The molecule has 0 aliphatic heterocycles. The fourth-order valence-corrected chi connectivity index (χ4v) is 1.55. The van der Waals surface area contributed by atoms with E-state index in [2.05, 4.69) is 5.18 Å². The minimum absolute atomic E-state index is 0.242. The average molecular weight is 265 g/mol. The second-order valence-electron chi connectivity index (χ2n) is 1.79. The van der Waals surface area contributed by atoms with Gasteiger partial charge in [0, 0.05) is 0 Å². The number of halogens is 1. The molecule has 0 saturated heterocycles. The Hall–Kier alpha value is -0.850. The van der Waals surface area contributed by atoms with Crippen LogP contribution in [-0.2, 0) is 6.14 Å². The van der Waals surface area contributed by atoms with Gasteiger partial charge in [-0.3, -0.25) is 0 Å². The Morgan fingerprint density at radius 2 is 1.64 bits per heavy atom. The average Bonchev–Trinajstić information content (AvgIpc) is 2.05. The molecule has 0 aliphatic carbocycles. The first-order valence-corrected chi connectivity index (χ1v) is 5.57. The zero-order chi connectivity index (χ0) is 8.27. The minimum Gasteiger partial charge on any atom is -0.230 e. The maximum Gasteiger partial charge on any atom is 0.340 e. The third-order valence-corrected chi connectivity index (χ3v) is 2.85. The SMILES string of the molecule is O=Nc1ccc(I(=O)=O)cc1. The molecule has 0 radical (unpaired) electrons. The Bertz CT molecular complexity index is 320. The Morgan fingerprint density at radius 1 is 1.09 bits per heavy atom. The molecule has 0 fully saturated rings. The van der Waals surface area contributed by atoms with E-state index in [0.29, 0.717) is 0 Å². The largest absolute Gasteiger partial charge is 0.340 e. The van der Waals surface area contributed by atoms with Gasteiger partial charge in [0.2, 0.25) is 0 Å². The lowest BCUT2D eigenvalue weighted by atomic mass is 10.3. The molecule has 0 heterocycles. The molecule has 1 aromatic rings. The molecule has 0 aromatic heterocycles. The maximum absolute atomic E-state index is 10.4. The highest BCUT2D eigenvalue weighted by molar-refractivity contribution is 14.2. The lowest BCUT2D eigenvalue weighted by molar-refractivity contribution is 0.610. The number of hydrogen-bond acceptors (Lipinski definition) is 4. The fraction of sp³-hybridized carbons (Fsp3) is 0. The van der Waals surface area contributed by atoms with E-state index in [1.165, 1.54) is 24.3 Å². The van der Waals surface area contributed by atoms with E-state index in [-0.39, 0.29) is 9.26 Å². The van der Waals surface area contributed by atoms with E-state index in [1.54, 1.807) is 0 Å². The summed E-state index contributed by atoms with van der Waals surface area (Å²) in [6.45, 7) is 0.